The fourth-order valence-corrected chi connectivity index (χ4v) is 1.91. The Labute approximate surface area is 145 Å². The molecule has 0 saturated carbocycles. The highest BCUT2D eigenvalue weighted by Gasteiger charge is 2.23. The molecular formula is C18H18N2O5. The van der Waals surface area contributed by atoms with Crippen molar-refractivity contribution in [1.29, 1.82) is 5.26 Å². The number of nitriles is 1. The monoisotopic (exact) mass is 342 g/mol. The molecule has 1 aromatic heterocycles. The van der Waals surface area contributed by atoms with Crippen LogP contribution in [0, 0.1) is 11.3 Å². The van der Waals surface area contributed by atoms with Gasteiger partial charge in [-0.15, -0.1) is 0 Å². The molecule has 0 bridgehead atoms. The van der Waals surface area contributed by atoms with E-state index in [-0.39, 0.29) is 6.54 Å². The molecule has 2 aromatic rings. The number of carbonyl (C=O) groups is 2. The first-order valence-corrected chi connectivity index (χ1v) is 7.67. The summed E-state index contributed by atoms with van der Waals surface area (Å²) in [5.74, 6) is -0.0666. The lowest BCUT2D eigenvalue weighted by Gasteiger charge is -2.17. The second-order valence-corrected chi connectivity index (χ2v) is 5.27. The van der Waals surface area contributed by atoms with Gasteiger partial charge in [-0.2, -0.15) is 5.26 Å². The first-order chi connectivity index (χ1) is 12.0. The van der Waals surface area contributed by atoms with E-state index in [0.717, 1.165) is 0 Å². The second kappa shape index (κ2) is 8.55. The Kier molecular flexibility index (Phi) is 6.18. The maximum atomic E-state index is 12.0. The first kappa shape index (κ1) is 18.1. The van der Waals surface area contributed by atoms with Gasteiger partial charge in [0.1, 0.15) is 11.5 Å². The molecule has 0 fully saturated rings. The summed E-state index contributed by atoms with van der Waals surface area (Å²) >= 11 is 0. The van der Waals surface area contributed by atoms with Crippen LogP contribution in [0.5, 0.6) is 5.75 Å². The third-order valence-corrected chi connectivity index (χ3v) is 3.31. The Morgan fingerprint density at radius 2 is 1.92 bits per heavy atom. The fourth-order valence-electron chi connectivity index (χ4n) is 1.91. The average Bonchev–Trinajstić information content (AvgIpc) is 3.13. The standard InChI is InChI=1S/C18H18N2O5/c1-12(17(21)20-11-16-4-3-9-23-16)25-18(22)13(2)24-15-7-5-14(10-19)6-8-15/h3-9,12-13H,11H2,1-2H3,(H,20,21)/t12-,13+/m1/s1. The van der Waals surface area contributed by atoms with Crippen molar-refractivity contribution in [2.45, 2.75) is 32.6 Å². The molecule has 2 rings (SSSR count). The minimum Gasteiger partial charge on any atom is -0.479 e. The Morgan fingerprint density at radius 3 is 2.52 bits per heavy atom. The van der Waals surface area contributed by atoms with Crippen molar-refractivity contribution in [3.63, 3.8) is 0 Å². The van der Waals surface area contributed by atoms with Crippen molar-refractivity contribution in [3.8, 4) is 11.8 Å². The van der Waals surface area contributed by atoms with Crippen molar-refractivity contribution in [2.75, 3.05) is 0 Å². The smallest absolute Gasteiger partial charge is 0.347 e. The summed E-state index contributed by atoms with van der Waals surface area (Å²) in [6, 6.07) is 11.8. The molecule has 0 spiro atoms. The van der Waals surface area contributed by atoms with Crippen LogP contribution in [0.1, 0.15) is 25.2 Å². The van der Waals surface area contributed by atoms with Gasteiger partial charge >= 0.3 is 5.97 Å². The van der Waals surface area contributed by atoms with Crippen LogP contribution in [0.15, 0.2) is 47.1 Å². The van der Waals surface area contributed by atoms with Crippen LogP contribution < -0.4 is 10.1 Å². The minimum absolute atomic E-state index is 0.213. The molecule has 25 heavy (non-hydrogen) atoms. The lowest BCUT2D eigenvalue weighted by atomic mass is 10.2. The summed E-state index contributed by atoms with van der Waals surface area (Å²) in [5, 5.41) is 11.4. The molecule has 7 heteroatoms. The molecule has 1 amide bonds. The van der Waals surface area contributed by atoms with Gasteiger partial charge in [-0.25, -0.2) is 4.79 Å². The summed E-state index contributed by atoms with van der Waals surface area (Å²) in [6.07, 6.45) is -0.352. The number of carbonyl (C=O) groups excluding carboxylic acids is 2. The van der Waals surface area contributed by atoms with E-state index in [1.54, 1.807) is 36.4 Å². The van der Waals surface area contributed by atoms with E-state index in [1.165, 1.54) is 20.1 Å². The number of benzene rings is 1. The molecular weight excluding hydrogens is 324 g/mol. The number of rotatable bonds is 7. The highest BCUT2D eigenvalue weighted by Crippen LogP contribution is 2.14. The summed E-state index contributed by atoms with van der Waals surface area (Å²) in [5.41, 5.74) is 0.490. The maximum Gasteiger partial charge on any atom is 0.347 e. The first-order valence-electron chi connectivity index (χ1n) is 7.67. The van der Waals surface area contributed by atoms with Gasteiger partial charge in [-0.05, 0) is 50.2 Å². The second-order valence-electron chi connectivity index (χ2n) is 5.27. The zero-order chi connectivity index (χ0) is 18.2. The number of hydrogen-bond donors (Lipinski definition) is 1. The number of furan rings is 1. The van der Waals surface area contributed by atoms with Gasteiger partial charge in [0.15, 0.2) is 12.2 Å². The van der Waals surface area contributed by atoms with Crippen LogP contribution in [-0.4, -0.2) is 24.1 Å². The van der Waals surface area contributed by atoms with Gasteiger partial charge in [0.2, 0.25) is 0 Å². The van der Waals surface area contributed by atoms with Crippen molar-refractivity contribution in [3.05, 3.63) is 54.0 Å². The zero-order valence-corrected chi connectivity index (χ0v) is 13.9. The van der Waals surface area contributed by atoms with Crippen LogP contribution >= 0.6 is 0 Å². The predicted molar refractivity (Wildman–Crippen MR) is 87.4 cm³/mol. The van der Waals surface area contributed by atoms with Gasteiger partial charge in [0.25, 0.3) is 5.91 Å². The molecule has 1 heterocycles. The Bertz CT molecular complexity index is 747. The van der Waals surface area contributed by atoms with Crippen LogP contribution in [-0.2, 0) is 20.9 Å². The lowest BCUT2D eigenvalue weighted by molar-refractivity contribution is -0.160. The number of nitrogens with one attached hydrogen (secondary N) is 1. The Balaban J connectivity index is 1.80. The minimum atomic E-state index is -0.963. The van der Waals surface area contributed by atoms with Gasteiger partial charge in [0, 0.05) is 0 Å². The molecule has 2 atom stereocenters. The van der Waals surface area contributed by atoms with E-state index in [2.05, 4.69) is 5.32 Å². The van der Waals surface area contributed by atoms with Gasteiger partial charge in [-0.1, -0.05) is 0 Å². The number of amides is 1. The molecule has 0 aliphatic rings. The summed E-state index contributed by atoms with van der Waals surface area (Å²) < 4.78 is 15.6. The van der Waals surface area contributed by atoms with Gasteiger partial charge < -0.3 is 19.2 Å². The topological polar surface area (TPSA) is 102 Å². The molecule has 1 aromatic carbocycles. The molecule has 0 aliphatic heterocycles. The quantitative estimate of drug-likeness (QED) is 0.774. The van der Waals surface area contributed by atoms with Crippen molar-refractivity contribution in [1.82, 2.24) is 5.32 Å². The molecule has 0 unspecified atom stereocenters. The van der Waals surface area contributed by atoms with E-state index in [4.69, 9.17) is 19.2 Å². The SMILES string of the molecule is C[C@H](Oc1ccc(C#N)cc1)C(=O)O[C@H](C)C(=O)NCc1ccco1. The van der Waals surface area contributed by atoms with Crippen LogP contribution in [0.2, 0.25) is 0 Å². The zero-order valence-electron chi connectivity index (χ0n) is 13.9. The van der Waals surface area contributed by atoms with E-state index >= 15 is 0 Å². The predicted octanol–water partition coefficient (Wildman–Crippen LogP) is 2.17. The van der Waals surface area contributed by atoms with E-state index in [1.807, 2.05) is 6.07 Å². The van der Waals surface area contributed by atoms with Crippen molar-refractivity contribution in [2.24, 2.45) is 0 Å². The van der Waals surface area contributed by atoms with E-state index in [9.17, 15) is 9.59 Å². The normalized spacial score (nSPS) is 12.5. The van der Waals surface area contributed by atoms with Crippen LogP contribution in [0.4, 0.5) is 0 Å². The molecule has 130 valence electrons. The molecule has 0 aliphatic carbocycles. The van der Waals surface area contributed by atoms with E-state index in [0.29, 0.717) is 17.1 Å². The Morgan fingerprint density at radius 1 is 1.20 bits per heavy atom. The fraction of sp³-hybridized carbons (Fsp3) is 0.278. The molecule has 0 saturated heterocycles. The maximum absolute atomic E-state index is 12.0. The summed E-state index contributed by atoms with van der Waals surface area (Å²) in [7, 11) is 0. The van der Waals surface area contributed by atoms with Gasteiger partial charge in [-0.3, -0.25) is 4.79 Å². The van der Waals surface area contributed by atoms with E-state index < -0.39 is 24.1 Å². The molecule has 1 N–H and O–H groups in total. The van der Waals surface area contributed by atoms with Crippen LogP contribution in [0.25, 0.3) is 0 Å². The molecule has 7 nitrogen and oxygen atoms in total. The highest BCUT2D eigenvalue weighted by molar-refractivity contribution is 5.84. The summed E-state index contributed by atoms with van der Waals surface area (Å²) in [6.45, 7) is 3.21. The van der Waals surface area contributed by atoms with Crippen molar-refractivity contribution >= 4 is 11.9 Å². The molecule has 0 radical (unpaired) electrons. The largest absolute Gasteiger partial charge is 0.479 e. The number of nitrogens with zero attached hydrogens (tertiary/aromatic N) is 1. The number of esters is 1. The van der Waals surface area contributed by atoms with Crippen molar-refractivity contribution < 1.29 is 23.5 Å². The number of ether oxygens (including phenoxy) is 2. The summed E-state index contributed by atoms with van der Waals surface area (Å²) in [4.78, 5) is 23.9. The third-order valence-electron chi connectivity index (χ3n) is 3.31. The highest BCUT2D eigenvalue weighted by atomic mass is 16.6. The lowest BCUT2D eigenvalue weighted by Crippen LogP contribution is -2.38. The Hall–Kier alpha value is -3.27. The number of hydrogen-bond acceptors (Lipinski definition) is 6. The van der Waals surface area contributed by atoms with Crippen LogP contribution in [0.3, 0.4) is 0 Å². The third kappa shape index (κ3) is 5.39. The van der Waals surface area contributed by atoms with Gasteiger partial charge in [0.05, 0.1) is 24.4 Å². The average molecular weight is 342 g/mol.